The topological polar surface area (TPSA) is 29.3 Å². The van der Waals surface area contributed by atoms with E-state index in [0.29, 0.717) is 12.1 Å². The maximum Gasteiger partial charge on any atom is 0.0595 e. The van der Waals surface area contributed by atoms with Gasteiger partial charge in [-0.1, -0.05) is 13.8 Å². The molecule has 1 aliphatic heterocycles. The molecule has 0 aromatic carbocycles. The first-order valence-corrected chi connectivity index (χ1v) is 4.21. The van der Waals surface area contributed by atoms with Gasteiger partial charge in [0, 0.05) is 0 Å². The standard InChI is InChI=1S/C8H18N2/c1-7(2)8(9)10-5-3-4-6-10/h7-8H,3-6,9H2,1-2H3. The van der Waals surface area contributed by atoms with E-state index in [0.717, 1.165) is 0 Å². The highest BCUT2D eigenvalue weighted by Gasteiger charge is 2.20. The van der Waals surface area contributed by atoms with Crippen molar-refractivity contribution < 1.29 is 0 Å². The van der Waals surface area contributed by atoms with Crippen molar-refractivity contribution in [3.05, 3.63) is 0 Å². The third kappa shape index (κ3) is 1.70. The molecule has 0 bridgehead atoms. The summed E-state index contributed by atoms with van der Waals surface area (Å²) in [5.74, 6) is 0.595. The number of hydrogen-bond donors (Lipinski definition) is 1. The smallest absolute Gasteiger partial charge is 0.0595 e. The molecule has 2 nitrogen and oxygen atoms in total. The fourth-order valence-electron chi connectivity index (χ4n) is 1.46. The van der Waals surface area contributed by atoms with Crippen molar-refractivity contribution in [2.75, 3.05) is 13.1 Å². The molecule has 1 saturated heterocycles. The van der Waals surface area contributed by atoms with E-state index in [9.17, 15) is 0 Å². The minimum absolute atomic E-state index is 0.294. The quantitative estimate of drug-likeness (QED) is 0.624. The zero-order chi connectivity index (χ0) is 7.56. The van der Waals surface area contributed by atoms with Crippen molar-refractivity contribution in [1.29, 1.82) is 0 Å². The second kappa shape index (κ2) is 3.35. The lowest BCUT2D eigenvalue weighted by molar-refractivity contribution is 0.197. The summed E-state index contributed by atoms with van der Waals surface area (Å²) < 4.78 is 0. The summed E-state index contributed by atoms with van der Waals surface area (Å²) in [5.41, 5.74) is 5.95. The van der Waals surface area contributed by atoms with Crippen LogP contribution in [-0.4, -0.2) is 24.2 Å². The number of nitrogens with zero attached hydrogens (tertiary/aromatic N) is 1. The van der Waals surface area contributed by atoms with E-state index < -0.39 is 0 Å². The number of hydrogen-bond acceptors (Lipinski definition) is 2. The Morgan fingerprint density at radius 1 is 1.20 bits per heavy atom. The zero-order valence-corrected chi connectivity index (χ0v) is 7.01. The minimum Gasteiger partial charge on any atom is -0.316 e. The average molecular weight is 142 g/mol. The van der Waals surface area contributed by atoms with E-state index >= 15 is 0 Å². The summed E-state index contributed by atoms with van der Waals surface area (Å²) in [6, 6.07) is 0. The van der Waals surface area contributed by atoms with Crippen molar-refractivity contribution >= 4 is 0 Å². The normalized spacial score (nSPS) is 24.0. The number of likely N-dealkylation sites (tertiary alicyclic amines) is 1. The SMILES string of the molecule is CC(C)C(N)N1CCCC1. The molecule has 0 aliphatic carbocycles. The van der Waals surface area contributed by atoms with Gasteiger partial charge < -0.3 is 5.73 Å². The summed E-state index contributed by atoms with van der Waals surface area (Å²) in [5, 5.41) is 0. The first-order chi connectivity index (χ1) is 4.72. The van der Waals surface area contributed by atoms with E-state index in [1.165, 1.54) is 25.9 Å². The third-order valence-electron chi connectivity index (χ3n) is 2.25. The second-order valence-corrected chi connectivity index (χ2v) is 3.48. The van der Waals surface area contributed by atoms with Crippen LogP contribution in [0, 0.1) is 5.92 Å². The fourth-order valence-corrected chi connectivity index (χ4v) is 1.46. The summed E-state index contributed by atoms with van der Waals surface area (Å²) in [6.45, 7) is 6.78. The fraction of sp³-hybridized carbons (Fsp3) is 1.00. The second-order valence-electron chi connectivity index (χ2n) is 3.48. The Bertz CT molecular complexity index is 95.4. The Morgan fingerprint density at radius 3 is 2.10 bits per heavy atom. The average Bonchev–Trinajstić information content (AvgIpc) is 2.36. The lowest BCUT2D eigenvalue weighted by Gasteiger charge is -2.26. The Labute approximate surface area is 63.4 Å². The first kappa shape index (κ1) is 8.02. The molecular weight excluding hydrogens is 124 g/mol. The van der Waals surface area contributed by atoms with E-state index in [1.54, 1.807) is 0 Å². The predicted molar refractivity (Wildman–Crippen MR) is 43.6 cm³/mol. The third-order valence-corrected chi connectivity index (χ3v) is 2.25. The highest BCUT2D eigenvalue weighted by molar-refractivity contribution is 4.73. The van der Waals surface area contributed by atoms with E-state index in [-0.39, 0.29) is 0 Å². The molecule has 1 atom stereocenters. The molecule has 1 unspecified atom stereocenters. The van der Waals surface area contributed by atoms with Crippen molar-refractivity contribution in [2.24, 2.45) is 11.7 Å². The summed E-state index contributed by atoms with van der Waals surface area (Å²) >= 11 is 0. The predicted octanol–water partition coefficient (Wildman–Crippen LogP) is 1.02. The van der Waals surface area contributed by atoms with Crippen LogP contribution in [0.4, 0.5) is 0 Å². The van der Waals surface area contributed by atoms with Crippen LogP contribution in [-0.2, 0) is 0 Å². The summed E-state index contributed by atoms with van der Waals surface area (Å²) in [7, 11) is 0. The maximum absolute atomic E-state index is 5.95. The molecule has 2 heteroatoms. The molecule has 2 N–H and O–H groups in total. The van der Waals surface area contributed by atoms with Gasteiger partial charge in [0.1, 0.15) is 0 Å². The van der Waals surface area contributed by atoms with Gasteiger partial charge in [-0.25, -0.2) is 0 Å². The molecule has 0 aromatic rings. The molecule has 0 spiro atoms. The molecule has 0 radical (unpaired) electrons. The van der Waals surface area contributed by atoms with Gasteiger partial charge in [-0.15, -0.1) is 0 Å². The number of rotatable bonds is 2. The zero-order valence-electron chi connectivity index (χ0n) is 7.01. The molecular formula is C8H18N2. The van der Waals surface area contributed by atoms with Crippen LogP contribution < -0.4 is 5.73 Å². The van der Waals surface area contributed by atoms with E-state index in [4.69, 9.17) is 5.73 Å². The van der Waals surface area contributed by atoms with Gasteiger partial charge in [0.05, 0.1) is 6.17 Å². The van der Waals surface area contributed by atoms with Gasteiger partial charge in [-0.2, -0.15) is 0 Å². The molecule has 1 rings (SSSR count). The minimum atomic E-state index is 0.294. The van der Waals surface area contributed by atoms with Crippen molar-refractivity contribution in [2.45, 2.75) is 32.9 Å². The lowest BCUT2D eigenvalue weighted by Crippen LogP contribution is -2.43. The van der Waals surface area contributed by atoms with Crippen LogP contribution in [0.1, 0.15) is 26.7 Å². The van der Waals surface area contributed by atoms with Crippen molar-refractivity contribution in [3.8, 4) is 0 Å². The van der Waals surface area contributed by atoms with E-state index in [2.05, 4.69) is 18.7 Å². The Hall–Kier alpha value is -0.0800. The molecule has 1 aliphatic rings. The van der Waals surface area contributed by atoms with Crippen LogP contribution in [0.25, 0.3) is 0 Å². The molecule has 60 valence electrons. The molecule has 1 heterocycles. The molecule has 10 heavy (non-hydrogen) atoms. The van der Waals surface area contributed by atoms with Gasteiger partial charge in [0.25, 0.3) is 0 Å². The highest BCUT2D eigenvalue weighted by atomic mass is 15.2. The molecule has 1 fully saturated rings. The Kier molecular flexibility index (Phi) is 2.69. The monoisotopic (exact) mass is 142 g/mol. The lowest BCUT2D eigenvalue weighted by atomic mass is 10.1. The summed E-state index contributed by atoms with van der Waals surface area (Å²) in [6.07, 6.45) is 2.96. The van der Waals surface area contributed by atoms with Gasteiger partial charge in [-0.05, 0) is 31.8 Å². The van der Waals surface area contributed by atoms with Crippen LogP contribution in [0.5, 0.6) is 0 Å². The largest absolute Gasteiger partial charge is 0.316 e. The van der Waals surface area contributed by atoms with Crippen LogP contribution in [0.3, 0.4) is 0 Å². The molecule has 0 aromatic heterocycles. The summed E-state index contributed by atoms with van der Waals surface area (Å²) in [4.78, 5) is 2.38. The van der Waals surface area contributed by atoms with E-state index in [1.807, 2.05) is 0 Å². The Morgan fingerprint density at radius 2 is 1.70 bits per heavy atom. The van der Waals surface area contributed by atoms with Crippen molar-refractivity contribution in [1.82, 2.24) is 4.90 Å². The van der Waals surface area contributed by atoms with Gasteiger partial charge >= 0.3 is 0 Å². The van der Waals surface area contributed by atoms with Crippen LogP contribution in [0.2, 0.25) is 0 Å². The molecule has 0 amide bonds. The van der Waals surface area contributed by atoms with Crippen LogP contribution in [0.15, 0.2) is 0 Å². The van der Waals surface area contributed by atoms with Crippen molar-refractivity contribution in [3.63, 3.8) is 0 Å². The Balaban J connectivity index is 2.32. The maximum atomic E-state index is 5.95. The van der Waals surface area contributed by atoms with Gasteiger partial charge in [0.15, 0.2) is 0 Å². The highest BCUT2D eigenvalue weighted by Crippen LogP contribution is 2.13. The first-order valence-electron chi connectivity index (χ1n) is 4.21. The van der Waals surface area contributed by atoms with Crippen LogP contribution >= 0.6 is 0 Å². The van der Waals surface area contributed by atoms with Gasteiger partial charge in [0.2, 0.25) is 0 Å². The van der Waals surface area contributed by atoms with Gasteiger partial charge in [-0.3, -0.25) is 4.90 Å². The molecule has 0 saturated carbocycles. The number of nitrogens with two attached hydrogens (primary N) is 1.